The van der Waals surface area contributed by atoms with Gasteiger partial charge >= 0.3 is 0 Å². The summed E-state index contributed by atoms with van der Waals surface area (Å²) < 4.78 is 0. The topological polar surface area (TPSA) is 58.7 Å². The van der Waals surface area contributed by atoms with E-state index in [2.05, 4.69) is 23.7 Å². The van der Waals surface area contributed by atoms with E-state index in [1.54, 1.807) is 24.5 Å². The Labute approximate surface area is 95.8 Å². The minimum Gasteiger partial charge on any atom is -0.366 e. The van der Waals surface area contributed by atoms with Crippen LogP contribution in [0.3, 0.4) is 0 Å². The van der Waals surface area contributed by atoms with E-state index < -0.39 is 5.91 Å². The molecule has 0 fully saturated rings. The lowest BCUT2D eigenvalue weighted by Crippen LogP contribution is -2.20. The van der Waals surface area contributed by atoms with Gasteiger partial charge in [-0.2, -0.15) is 0 Å². The lowest BCUT2D eigenvalue weighted by atomic mass is 10.2. The molecule has 0 atom stereocenters. The van der Waals surface area contributed by atoms with E-state index in [0.29, 0.717) is 5.56 Å². The molecule has 0 aliphatic heterocycles. The Morgan fingerprint density at radius 1 is 1.44 bits per heavy atom. The summed E-state index contributed by atoms with van der Waals surface area (Å²) in [4.78, 5) is 17.3. The number of benzene rings is 1. The normalized spacial score (nSPS) is 10.6. The van der Waals surface area contributed by atoms with Crippen molar-refractivity contribution in [3.63, 3.8) is 0 Å². The highest BCUT2D eigenvalue weighted by Gasteiger charge is 1.99. The van der Waals surface area contributed by atoms with Gasteiger partial charge in [-0.15, -0.1) is 0 Å². The highest BCUT2D eigenvalue weighted by molar-refractivity contribution is 5.93. The molecule has 1 aromatic carbocycles. The van der Waals surface area contributed by atoms with E-state index in [0.717, 1.165) is 18.8 Å². The van der Waals surface area contributed by atoms with Gasteiger partial charge in [-0.25, -0.2) is 4.99 Å². The van der Waals surface area contributed by atoms with E-state index in [-0.39, 0.29) is 0 Å². The van der Waals surface area contributed by atoms with E-state index in [4.69, 9.17) is 5.73 Å². The number of nitrogens with two attached hydrogens (primary N) is 1. The zero-order valence-corrected chi connectivity index (χ0v) is 9.68. The Kier molecular flexibility index (Phi) is 4.51. The third-order valence-electron chi connectivity index (χ3n) is 2.31. The summed E-state index contributed by atoms with van der Waals surface area (Å²) in [7, 11) is 0. The molecule has 0 radical (unpaired) electrons. The SMILES string of the molecule is CCN(C=Nc1cccc(C(N)=O)c1)CC. The van der Waals surface area contributed by atoms with Crippen molar-refractivity contribution >= 4 is 17.9 Å². The fourth-order valence-corrected chi connectivity index (χ4v) is 1.27. The lowest BCUT2D eigenvalue weighted by Gasteiger charge is -2.13. The summed E-state index contributed by atoms with van der Waals surface area (Å²) in [5.41, 5.74) is 6.41. The maximum Gasteiger partial charge on any atom is 0.248 e. The molecule has 0 bridgehead atoms. The third-order valence-corrected chi connectivity index (χ3v) is 2.31. The predicted octanol–water partition coefficient (Wildman–Crippen LogP) is 1.79. The fraction of sp³-hybridized carbons (Fsp3) is 0.333. The molecule has 0 saturated carbocycles. The van der Waals surface area contributed by atoms with Crippen molar-refractivity contribution in [3.8, 4) is 0 Å². The Balaban J connectivity index is 2.81. The molecule has 0 heterocycles. The summed E-state index contributed by atoms with van der Waals surface area (Å²) in [6.45, 7) is 5.95. The van der Waals surface area contributed by atoms with Crippen LogP contribution >= 0.6 is 0 Å². The third kappa shape index (κ3) is 3.38. The van der Waals surface area contributed by atoms with Crippen molar-refractivity contribution in [1.82, 2.24) is 4.90 Å². The summed E-state index contributed by atoms with van der Waals surface area (Å²) in [6, 6.07) is 6.97. The van der Waals surface area contributed by atoms with Gasteiger partial charge in [0.15, 0.2) is 0 Å². The number of carbonyl (C=O) groups excluding carboxylic acids is 1. The molecule has 16 heavy (non-hydrogen) atoms. The highest BCUT2D eigenvalue weighted by atomic mass is 16.1. The second-order valence-electron chi connectivity index (χ2n) is 3.38. The van der Waals surface area contributed by atoms with Crippen LogP contribution in [0.1, 0.15) is 24.2 Å². The molecule has 2 N–H and O–H groups in total. The van der Waals surface area contributed by atoms with Crippen LogP contribution in [0.5, 0.6) is 0 Å². The number of hydrogen-bond acceptors (Lipinski definition) is 2. The van der Waals surface area contributed by atoms with Crippen LogP contribution in [-0.4, -0.2) is 30.2 Å². The van der Waals surface area contributed by atoms with E-state index >= 15 is 0 Å². The maximum atomic E-state index is 11.0. The van der Waals surface area contributed by atoms with E-state index in [1.165, 1.54) is 0 Å². The van der Waals surface area contributed by atoms with Crippen LogP contribution in [0.25, 0.3) is 0 Å². The van der Waals surface area contributed by atoms with Gasteiger partial charge in [0.1, 0.15) is 0 Å². The van der Waals surface area contributed by atoms with Gasteiger partial charge in [0.25, 0.3) is 0 Å². The number of carbonyl (C=O) groups is 1. The molecule has 4 nitrogen and oxygen atoms in total. The first-order valence-electron chi connectivity index (χ1n) is 5.35. The number of aliphatic imine (C=N–C) groups is 1. The molecule has 1 amide bonds. The van der Waals surface area contributed by atoms with Crippen LogP contribution < -0.4 is 5.73 Å². The van der Waals surface area contributed by atoms with Gasteiger partial charge in [0.05, 0.1) is 12.0 Å². The molecule has 0 aliphatic carbocycles. The molecule has 1 rings (SSSR count). The Morgan fingerprint density at radius 3 is 2.69 bits per heavy atom. The zero-order chi connectivity index (χ0) is 12.0. The standard InChI is InChI=1S/C12H17N3O/c1-3-15(4-2)9-14-11-7-5-6-10(8-11)12(13)16/h5-9H,3-4H2,1-2H3,(H2,13,16). The average Bonchev–Trinajstić information content (AvgIpc) is 2.31. The average molecular weight is 219 g/mol. The molecular weight excluding hydrogens is 202 g/mol. The number of nitrogens with zero attached hydrogens (tertiary/aromatic N) is 2. The first-order chi connectivity index (χ1) is 7.67. The van der Waals surface area contributed by atoms with Gasteiger partial charge in [-0.05, 0) is 32.0 Å². The van der Waals surface area contributed by atoms with Gasteiger partial charge in [0, 0.05) is 18.7 Å². The van der Waals surface area contributed by atoms with E-state index in [1.807, 2.05) is 6.07 Å². The maximum absolute atomic E-state index is 11.0. The molecule has 4 heteroatoms. The van der Waals surface area contributed by atoms with Gasteiger partial charge in [-0.3, -0.25) is 4.79 Å². The van der Waals surface area contributed by atoms with Crippen molar-refractivity contribution in [2.75, 3.05) is 13.1 Å². The number of hydrogen-bond donors (Lipinski definition) is 1. The minimum absolute atomic E-state index is 0.431. The molecular formula is C12H17N3O. The summed E-state index contributed by atoms with van der Waals surface area (Å²) in [6.07, 6.45) is 1.78. The van der Waals surface area contributed by atoms with Gasteiger partial charge in [0.2, 0.25) is 5.91 Å². The molecule has 0 aliphatic rings. The molecule has 86 valence electrons. The highest BCUT2D eigenvalue weighted by Crippen LogP contribution is 2.13. The second kappa shape index (κ2) is 5.90. The van der Waals surface area contributed by atoms with Crippen molar-refractivity contribution < 1.29 is 4.79 Å². The van der Waals surface area contributed by atoms with Crippen LogP contribution in [0.15, 0.2) is 29.3 Å². The molecule has 0 unspecified atom stereocenters. The van der Waals surface area contributed by atoms with Gasteiger partial charge < -0.3 is 10.6 Å². The summed E-state index contributed by atoms with van der Waals surface area (Å²) in [5, 5.41) is 0. The Morgan fingerprint density at radius 2 is 2.12 bits per heavy atom. The lowest BCUT2D eigenvalue weighted by molar-refractivity contribution is 0.100. The molecule has 0 saturated heterocycles. The quantitative estimate of drug-likeness (QED) is 0.606. The molecule has 0 spiro atoms. The molecule has 1 aromatic rings. The first-order valence-corrected chi connectivity index (χ1v) is 5.35. The monoisotopic (exact) mass is 219 g/mol. The largest absolute Gasteiger partial charge is 0.366 e. The van der Waals surface area contributed by atoms with Crippen molar-refractivity contribution in [2.45, 2.75) is 13.8 Å². The minimum atomic E-state index is -0.431. The Bertz CT molecular complexity index is 384. The predicted molar refractivity (Wildman–Crippen MR) is 66.0 cm³/mol. The second-order valence-corrected chi connectivity index (χ2v) is 3.38. The number of amides is 1. The smallest absolute Gasteiger partial charge is 0.248 e. The van der Waals surface area contributed by atoms with Crippen LogP contribution in [0.4, 0.5) is 5.69 Å². The van der Waals surface area contributed by atoms with Gasteiger partial charge in [-0.1, -0.05) is 6.07 Å². The van der Waals surface area contributed by atoms with Crippen molar-refractivity contribution in [2.24, 2.45) is 10.7 Å². The van der Waals surface area contributed by atoms with Crippen LogP contribution in [0.2, 0.25) is 0 Å². The molecule has 0 aromatic heterocycles. The fourth-order valence-electron chi connectivity index (χ4n) is 1.27. The van der Waals surface area contributed by atoms with Crippen molar-refractivity contribution in [3.05, 3.63) is 29.8 Å². The van der Waals surface area contributed by atoms with Crippen LogP contribution in [0, 0.1) is 0 Å². The zero-order valence-electron chi connectivity index (χ0n) is 9.68. The van der Waals surface area contributed by atoms with Crippen LogP contribution in [-0.2, 0) is 0 Å². The summed E-state index contributed by atoms with van der Waals surface area (Å²) >= 11 is 0. The van der Waals surface area contributed by atoms with Crippen molar-refractivity contribution in [1.29, 1.82) is 0 Å². The number of primary amides is 1. The number of rotatable bonds is 5. The summed E-state index contributed by atoms with van der Waals surface area (Å²) in [5.74, 6) is -0.431. The first kappa shape index (κ1) is 12.2. The van der Waals surface area contributed by atoms with E-state index in [9.17, 15) is 4.79 Å². The Hall–Kier alpha value is -1.84.